The van der Waals surface area contributed by atoms with Crippen LogP contribution in [0.2, 0.25) is 0 Å². The summed E-state index contributed by atoms with van der Waals surface area (Å²) in [5, 5.41) is 9.91. The van der Waals surface area contributed by atoms with Gasteiger partial charge in [0.25, 0.3) is 0 Å². The summed E-state index contributed by atoms with van der Waals surface area (Å²) in [5.41, 5.74) is 1.23. The van der Waals surface area contributed by atoms with Crippen molar-refractivity contribution in [1.29, 1.82) is 0 Å². The Kier molecular flexibility index (Phi) is 4.90. The van der Waals surface area contributed by atoms with Crippen LogP contribution in [0.15, 0.2) is 18.2 Å². The highest BCUT2D eigenvalue weighted by Crippen LogP contribution is 2.22. The Labute approximate surface area is 96.1 Å². The molecule has 0 spiro atoms. The average Bonchev–Trinajstić information content (AvgIpc) is 2.22. The Bertz CT molecular complexity index is 339. The van der Waals surface area contributed by atoms with E-state index < -0.39 is 6.10 Å². The second-order valence-electron chi connectivity index (χ2n) is 4.32. The molecule has 0 aliphatic rings. The zero-order valence-electron chi connectivity index (χ0n) is 10.0. The first-order chi connectivity index (χ1) is 7.54. The van der Waals surface area contributed by atoms with E-state index >= 15 is 0 Å². The standard InChI is InChI=1S/C13H19FO2/c1-9(8-16-3)6-13(15)11-5-4-10(2)12(14)7-11/h4-5,7,9,13,15H,6,8H2,1-3H3. The SMILES string of the molecule is COCC(C)CC(O)c1ccc(C)c(F)c1. The van der Waals surface area contributed by atoms with Crippen molar-refractivity contribution in [2.45, 2.75) is 26.4 Å². The van der Waals surface area contributed by atoms with Crippen molar-refractivity contribution in [2.75, 3.05) is 13.7 Å². The fourth-order valence-corrected chi connectivity index (χ4v) is 1.69. The molecule has 0 aromatic heterocycles. The number of aryl methyl sites for hydroxylation is 1. The van der Waals surface area contributed by atoms with Gasteiger partial charge in [-0.15, -0.1) is 0 Å². The summed E-state index contributed by atoms with van der Waals surface area (Å²) in [7, 11) is 1.63. The molecule has 0 aliphatic heterocycles. The molecule has 0 heterocycles. The molecule has 0 aliphatic carbocycles. The van der Waals surface area contributed by atoms with Gasteiger partial charge in [-0.3, -0.25) is 0 Å². The lowest BCUT2D eigenvalue weighted by Gasteiger charge is -2.16. The smallest absolute Gasteiger partial charge is 0.126 e. The van der Waals surface area contributed by atoms with E-state index in [0.717, 1.165) is 0 Å². The van der Waals surface area contributed by atoms with Gasteiger partial charge in [-0.25, -0.2) is 4.39 Å². The van der Waals surface area contributed by atoms with E-state index in [1.165, 1.54) is 6.07 Å². The first-order valence-electron chi connectivity index (χ1n) is 5.47. The van der Waals surface area contributed by atoms with Gasteiger partial charge in [0.1, 0.15) is 5.82 Å². The minimum Gasteiger partial charge on any atom is -0.388 e. The van der Waals surface area contributed by atoms with E-state index in [2.05, 4.69) is 0 Å². The Morgan fingerprint density at radius 3 is 2.69 bits per heavy atom. The average molecular weight is 226 g/mol. The summed E-state index contributed by atoms with van der Waals surface area (Å²) in [6, 6.07) is 4.86. The lowest BCUT2D eigenvalue weighted by molar-refractivity contribution is 0.102. The molecular weight excluding hydrogens is 207 g/mol. The first kappa shape index (κ1) is 13.1. The van der Waals surface area contributed by atoms with Gasteiger partial charge in [0, 0.05) is 13.7 Å². The molecule has 2 nitrogen and oxygen atoms in total. The molecule has 3 heteroatoms. The number of aliphatic hydroxyl groups excluding tert-OH is 1. The Balaban J connectivity index is 2.65. The molecule has 0 bridgehead atoms. The van der Waals surface area contributed by atoms with Crippen LogP contribution in [0, 0.1) is 18.7 Å². The maximum Gasteiger partial charge on any atom is 0.126 e. The molecule has 1 N–H and O–H groups in total. The Morgan fingerprint density at radius 1 is 1.44 bits per heavy atom. The second-order valence-corrected chi connectivity index (χ2v) is 4.32. The topological polar surface area (TPSA) is 29.5 Å². The van der Waals surface area contributed by atoms with Crippen molar-refractivity contribution >= 4 is 0 Å². The van der Waals surface area contributed by atoms with Crippen LogP contribution in [0.4, 0.5) is 4.39 Å². The quantitative estimate of drug-likeness (QED) is 0.836. The number of rotatable bonds is 5. The van der Waals surface area contributed by atoms with Crippen LogP contribution in [0.1, 0.15) is 30.6 Å². The first-order valence-corrected chi connectivity index (χ1v) is 5.47. The molecule has 0 radical (unpaired) electrons. The van der Waals surface area contributed by atoms with Gasteiger partial charge in [0.05, 0.1) is 6.10 Å². The molecule has 0 saturated carbocycles. The summed E-state index contributed by atoms with van der Waals surface area (Å²) in [4.78, 5) is 0. The highest BCUT2D eigenvalue weighted by atomic mass is 19.1. The van der Waals surface area contributed by atoms with Gasteiger partial charge in [-0.05, 0) is 36.5 Å². The summed E-state index contributed by atoms with van der Waals surface area (Å²) in [5.74, 6) is -0.0136. The van der Waals surface area contributed by atoms with Crippen molar-refractivity contribution in [3.8, 4) is 0 Å². The number of benzene rings is 1. The van der Waals surface area contributed by atoms with Crippen molar-refractivity contribution < 1.29 is 14.2 Å². The molecule has 1 aromatic rings. The number of hydrogen-bond acceptors (Lipinski definition) is 2. The predicted octanol–water partition coefficient (Wildman–Crippen LogP) is 2.84. The molecule has 0 saturated heterocycles. The summed E-state index contributed by atoms with van der Waals surface area (Å²) < 4.78 is 18.3. The Morgan fingerprint density at radius 2 is 2.12 bits per heavy atom. The maximum atomic E-state index is 13.3. The van der Waals surface area contributed by atoms with E-state index in [4.69, 9.17) is 4.74 Å². The molecule has 90 valence electrons. The van der Waals surface area contributed by atoms with Crippen LogP contribution in [0.25, 0.3) is 0 Å². The molecule has 1 rings (SSSR count). The lowest BCUT2D eigenvalue weighted by atomic mass is 9.98. The molecule has 2 atom stereocenters. The number of ether oxygens (including phenoxy) is 1. The summed E-state index contributed by atoms with van der Waals surface area (Å²) in [6.07, 6.45) is -0.0451. The number of hydrogen-bond donors (Lipinski definition) is 1. The van der Waals surface area contributed by atoms with Crippen LogP contribution in [-0.4, -0.2) is 18.8 Å². The van der Waals surface area contributed by atoms with Crippen LogP contribution < -0.4 is 0 Å². The normalized spacial score (nSPS) is 14.8. The molecule has 1 aromatic carbocycles. The van der Waals surface area contributed by atoms with Gasteiger partial charge in [0.15, 0.2) is 0 Å². The summed E-state index contributed by atoms with van der Waals surface area (Å²) in [6.45, 7) is 4.31. The third kappa shape index (κ3) is 3.58. The fourth-order valence-electron chi connectivity index (χ4n) is 1.69. The van der Waals surface area contributed by atoms with Crippen LogP contribution >= 0.6 is 0 Å². The zero-order chi connectivity index (χ0) is 12.1. The number of halogens is 1. The van der Waals surface area contributed by atoms with E-state index in [0.29, 0.717) is 24.2 Å². The van der Waals surface area contributed by atoms with E-state index in [-0.39, 0.29) is 11.7 Å². The number of methoxy groups -OCH3 is 1. The molecule has 2 unspecified atom stereocenters. The Hall–Kier alpha value is -0.930. The minimum atomic E-state index is -0.625. The zero-order valence-corrected chi connectivity index (χ0v) is 10.0. The van der Waals surface area contributed by atoms with Gasteiger partial charge < -0.3 is 9.84 Å². The highest BCUT2D eigenvalue weighted by molar-refractivity contribution is 5.24. The van der Waals surface area contributed by atoms with Gasteiger partial charge in [-0.1, -0.05) is 19.1 Å². The van der Waals surface area contributed by atoms with Crippen LogP contribution in [0.5, 0.6) is 0 Å². The van der Waals surface area contributed by atoms with Crippen molar-refractivity contribution in [2.24, 2.45) is 5.92 Å². The predicted molar refractivity (Wildman–Crippen MR) is 61.8 cm³/mol. The summed E-state index contributed by atoms with van der Waals surface area (Å²) >= 11 is 0. The third-order valence-corrected chi connectivity index (χ3v) is 2.66. The van der Waals surface area contributed by atoms with Crippen molar-refractivity contribution in [3.63, 3.8) is 0 Å². The van der Waals surface area contributed by atoms with E-state index in [9.17, 15) is 9.50 Å². The fraction of sp³-hybridized carbons (Fsp3) is 0.538. The van der Waals surface area contributed by atoms with Crippen LogP contribution in [0.3, 0.4) is 0 Å². The molecular formula is C13H19FO2. The van der Waals surface area contributed by atoms with Crippen molar-refractivity contribution in [1.82, 2.24) is 0 Å². The van der Waals surface area contributed by atoms with Crippen LogP contribution in [-0.2, 0) is 4.74 Å². The van der Waals surface area contributed by atoms with Gasteiger partial charge in [-0.2, -0.15) is 0 Å². The highest BCUT2D eigenvalue weighted by Gasteiger charge is 2.13. The van der Waals surface area contributed by atoms with Crippen molar-refractivity contribution in [3.05, 3.63) is 35.1 Å². The molecule has 16 heavy (non-hydrogen) atoms. The number of aliphatic hydroxyl groups is 1. The van der Waals surface area contributed by atoms with Gasteiger partial charge >= 0.3 is 0 Å². The monoisotopic (exact) mass is 226 g/mol. The molecule has 0 amide bonds. The largest absolute Gasteiger partial charge is 0.388 e. The second kappa shape index (κ2) is 5.97. The van der Waals surface area contributed by atoms with Gasteiger partial charge in [0.2, 0.25) is 0 Å². The lowest BCUT2D eigenvalue weighted by Crippen LogP contribution is -2.09. The minimum absolute atomic E-state index is 0.254. The van der Waals surface area contributed by atoms with E-state index in [1.807, 2.05) is 6.92 Å². The molecule has 0 fully saturated rings. The third-order valence-electron chi connectivity index (χ3n) is 2.66. The maximum absolute atomic E-state index is 13.3. The van der Waals surface area contributed by atoms with E-state index in [1.54, 1.807) is 26.2 Å².